The molecule has 1 heterocycles. The first kappa shape index (κ1) is 14.3. The van der Waals surface area contributed by atoms with Gasteiger partial charge in [0, 0.05) is 13.5 Å². The number of halogens is 1. The molecule has 8 heteroatoms. The Balaban J connectivity index is 2.33. The number of aromatic nitrogens is 2. The molecule has 0 aliphatic rings. The number of nitrogens with one attached hydrogen (secondary N) is 2. The van der Waals surface area contributed by atoms with Crippen LogP contribution in [-0.4, -0.2) is 29.3 Å². The number of nitrogens with zero attached hydrogens (tertiary/aromatic N) is 2. The predicted octanol–water partition coefficient (Wildman–Crippen LogP) is 2.72. The van der Waals surface area contributed by atoms with E-state index in [2.05, 4.69) is 31.4 Å². The summed E-state index contributed by atoms with van der Waals surface area (Å²) in [5, 5.41) is 20.4. The van der Waals surface area contributed by atoms with Gasteiger partial charge in [0.15, 0.2) is 0 Å². The van der Waals surface area contributed by atoms with Gasteiger partial charge < -0.3 is 10.1 Å². The van der Waals surface area contributed by atoms with Gasteiger partial charge in [-0.15, -0.1) is 0 Å². The fourth-order valence-electron chi connectivity index (χ4n) is 1.88. The molecule has 0 fully saturated rings. The molecular formula is C12H13BrN4O3. The number of hydrogen-bond donors (Lipinski definition) is 2. The van der Waals surface area contributed by atoms with E-state index in [4.69, 9.17) is 4.74 Å². The van der Waals surface area contributed by atoms with Crippen LogP contribution in [0.3, 0.4) is 0 Å². The number of ether oxygens (including phenoxy) is 1. The Morgan fingerprint density at radius 1 is 1.55 bits per heavy atom. The molecular weight excluding hydrogens is 328 g/mol. The maximum absolute atomic E-state index is 11.1. The Bertz CT molecular complexity index is 642. The fraction of sp³-hybridized carbons (Fsp3) is 0.250. The molecule has 0 amide bonds. The second-order valence-electron chi connectivity index (χ2n) is 4.05. The Morgan fingerprint density at radius 3 is 2.85 bits per heavy atom. The van der Waals surface area contributed by atoms with Gasteiger partial charge in [-0.1, -0.05) is 6.07 Å². The number of methoxy groups -OCH3 is 1. The molecule has 0 aliphatic heterocycles. The van der Waals surface area contributed by atoms with Crippen LogP contribution in [0.25, 0.3) is 0 Å². The van der Waals surface area contributed by atoms with Gasteiger partial charge in [0.05, 0.1) is 16.5 Å². The van der Waals surface area contributed by atoms with Gasteiger partial charge in [-0.25, -0.2) is 0 Å². The highest BCUT2D eigenvalue weighted by Crippen LogP contribution is 2.30. The smallest absolute Gasteiger partial charge is 0.334 e. The number of rotatable bonds is 5. The molecule has 0 spiro atoms. The Labute approximate surface area is 123 Å². The van der Waals surface area contributed by atoms with E-state index in [1.165, 1.54) is 0 Å². The van der Waals surface area contributed by atoms with Crippen molar-refractivity contribution in [3.63, 3.8) is 0 Å². The van der Waals surface area contributed by atoms with Crippen molar-refractivity contribution < 1.29 is 9.66 Å². The minimum atomic E-state index is -0.441. The summed E-state index contributed by atoms with van der Waals surface area (Å²) in [4.78, 5) is 10.7. The summed E-state index contributed by atoms with van der Waals surface area (Å²) in [6.07, 6.45) is 0.358. The molecule has 0 atom stereocenters. The molecule has 0 bridgehead atoms. The van der Waals surface area contributed by atoms with Gasteiger partial charge in [-0.2, -0.15) is 5.10 Å². The molecule has 2 rings (SSSR count). The first-order valence-corrected chi connectivity index (χ1v) is 6.58. The number of hydrogen-bond acceptors (Lipinski definition) is 5. The van der Waals surface area contributed by atoms with Gasteiger partial charge in [0.1, 0.15) is 11.4 Å². The van der Waals surface area contributed by atoms with Gasteiger partial charge >= 0.3 is 5.69 Å². The van der Waals surface area contributed by atoms with E-state index in [0.29, 0.717) is 23.7 Å². The minimum absolute atomic E-state index is 0.0283. The predicted molar refractivity (Wildman–Crippen MR) is 78.3 cm³/mol. The van der Waals surface area contributed by atoms with Crippen molar-refractivity contribution in [2.75, 3.05) is 19.5 Å². The molecule has 2 N–H and O–H groups in total. The lowest BCUT2D eigenvalue weighted by Crippen LogP contribution is -1.98. The van der Waals surface area contributed by atoms with Gasteiger partial charge in [-0.3, -0.25) is 15.2 Å². The maximum Gasteiger partial charge on any atom is 0.334 e. The molecule has 0 aliphatic carbocycles. The molecule has 0 unspecified atom stereocenters. The molecule has 7 nitrogen and oxygen atoms in total. The van der Waals surface area contributed by atoms with Gasteiger partial charge in [-0.05, 0) is 33.6 Å². The van der Waals surface area contributed by atoms with Crippen LogP contribution in [-0.2, 0) is 6.42 Å². The van der Waals surface area contributed by atoms with Crippen molar-refractivity contribution in [3.8, 4) is 5.75 Å². The van der Waals surface area contributed by atoms with Crippen molar-refractivity contribution in [2.45, 2.75) is 6.42 Å². The number of benzene rings is 1. The zero-order valence-corrected chi connectivity index (χ0v) is 12.5. The number of H-pyrrole nitrogens is 1. The Hall–Kier alpha value is -2.09. The molecule has 20 heavy (non-hydrogen) atoms. The van der Waals surface area contributed by atoms with E-state index < -0.39 is 4.92 Å². The minimum Gasteiger partial charge on any atom is -0.496 e. The van der Waals surface area contributed by atoms with E-state index in [1.807, 2.05) is 12.1 Å². The normalized spacial score (nSPS) is 10.3. The third kappa shape index (κ3) is 2.74. The monoisotopic (exact) mass is 340 g/mol. The van der Waals surface area contributed by atoms with Crippen LogP contribution in [0, 0.1) is 10.1 Å². The van der Waals surface area contributed by atoms with E-state index >= 15 is 0 Å². The summed E-state index contributed by atoms with van der Waals surface area (Å²) < 4.78 is 5.94. The average molecular weight is 341 g/mol. The average Bonchev–Trinajstić information content (AvgIpc) is 2.82. The maximum atomic E-state index is 11.1. The number of aromatic amines is 1. The van der Waals surface area contributed by atoms with Crippen LogP contribution >= 0.6 is 15.9 Å². The van der Waals surface area contributed by atoms with E-state index in [-0.39, 0.29) is 5.69 Å². The third-order valence-corrected chi connectivity index (χ3v) is 3.45. The lowest BCUT2D eigenvalue weighted by Gasteiger charge is -2.05. The highest BCUT2D eigenvalue weighted by molar-refractivity contribution is 9.10. The summed E-state index contributed by atoms with van der Waals surface area (Å²) >= 11 is 3.39. The van der Waals surface area contributed by atoms with Crippen LogP contribution in [0.15, 0.2) is 22.7 Å². The topological polar surface area (TPSA) is 93.1 Å². The van der Waals surface area contributed by atoms with Crippen LogP contribution in [0.4, 0.5) is 11.5 Å². The summed E-state index contributed by atoms with van der Waals surface area (Å²) in [5.74, 6) is 1.01. The van der Waals surface area contributed by atoms with Crippen LogP contribution in [0.1, 0.15) is 11.3 Å². The second kappa shape index (κ2) is 5.91. The molecule has 2 aromatic rings. The van der Waals surface area contributed by atoms with Crippen molar-refractivity contribution in [1.82, 2.24) is 10.2 Å². The molecule has 106 valence electrons. The van der Waals surface area contributed by atoms with E-state index in [0.717, 1.165) is 10.0 Å². The van der Waals surface area contributed by atoms with Crippen molar-refractivity contribution in [1.29, 1.82) is 0 Å². The van der Waals surface area contributed by atoms with Gasteiger partial charge in [0.25, 0.3) is 0 Å². The van der Waals surface area contributed by atoms with E-state index in [1.54, 1.807) is 20.2 Å². The highest BCUT2D eigenvalue weighted by Gasteiger charge is 2.23. The Kier molecular flexibility index (Phi) is 4.23. The van der Waals surface area contributed by atoms with Crippen LogP contribution < -0.4 is 10.1 Å². The van der Waals surface area contributed by atoms with Gasteiger partial charge in [0.2, 0.25) is 5.82 Å². The largest absolute Gasteiger partial charge is 0.496 e. The zero-order valence-electron chi connectivity index (χ0n) is 10.9. The first-order valence-electron chi connectivity index (χ1n) is 5.78. The molecule has 1 aromatic carbocycles. The third-order valence-electron chi connectivity index (χ3n) is 2.83. The van der Waals surface area contributed by atoms with E-state index in [9.17, 15) is 10.1 Å². The SMILES string of the molecule is CNc1[nH]nc(Cc2ccc(OC)c(Br)c2)c1[N+](=O)[O-]. The molecule has 0 radical (unpaired) electrons. The molecule has 0 saturated carbocycles. The number of anilines is 1. The molecule has 0 saturated heterocycles. The van der Waals surface area contributed by atoms with Crippen molar-refractivity contribution in [3.05, 3.63) is 44.0 Å². The zero-order chi connectivity index (χ0) is 14.7. The first-order chi connectivity index (χ1) is 9.56. The lowest BCUT2D eigenvalue weighted by molar-refractivity contribution is -0.384. The van der Waals surface area contributed by atoms with Crippen LogP contribution in [0.2, 0.25) is 0 Å². The molecule has 1 aromatic heterocycles. The highest BCUT2D eigenvalue weighted by atomic mass is 79.9. The van der Waals surface area contributed by atoms with Crippen LogP contribution in [0.5, 0.6) is 5.75 Å². The lowest BCUT2D eigenvalue weighted by atomic mass is 10.1. The fourth-order valence-corrected chi connectivity index (χ4v) is 2.47. The summed E-state index contributed by atoms with van der Waals surface area (Å²) in [6.45, 7) is 0. The summed E-state index contributed by atoms with van der Waals surface area (Å²) in [5.41, 5.74) is 1.26. The second-order valence-corrected chi connectivity index (χ2v) is 4.90. The van der Waals surface area contributed by atoms with Crippen molar-refractivity contribution in [2.24, 2.45) is 0 Å². The Morgan fingerprint density at radius 2 is 2.30 bits per heavy atom. The summed E-state index contributed by atoms with van der Waals surface area (Å²) in [6, 6.07) is 5.51. The summed E-state index contributed by atoms with van der Waals surface area (Å²) in [7, 11) is 3.19. The quantitative estimate of drug-likeness (QED) is 0.644. The van der Waals surface area contributed by atoms with Crippen molar-refractivity contribution >= 4 is 27.4 Å². The standard InChI is InChI=1S/C12H13BrN4O3/c1-14-12-11(17(18)19)9(15-16-12)6-7-3-4-10(20-2)8(13)5-7/h3-5H,6H2,1-2H3,(H2,14,15,16). The number of nitro groups is 1.